The Morgan fingerprint density at radius 2 is 1.91 bits per heavy atom. The molecule has 1 aromatic rings. The molecule has 2 aliphatic heterocycles. The van der Waals surface area contributed by atoms with Gasteiger partial charge >= 0.3 is 0 Å². The number of anilines is 1. The van der Waals surface area contributed by atoms with Crippen molar-refractivity contribution in [2.45, 2.75) is 38.8 Å². The molecule has 2 unspecified atom stereocenters. The topological polar surface area (TPSA) is 52.7 Å². The number of carbonyl (C=O) groups excluding carboxylic acids is 2. The van der Waals surface area contributed by atoms with Crippen LogP contribution in [0.2, 0.25) is 0 Å². The van der Waals surface area contributed by atoms with Crippen LogP contribution >= 0.6 is 0 Å². The Bertz CT molecular complexity index is 570. The minimum atomic E-state index is 0.0696. The van der Waals surface area contributed by atoms with Crippen molar-refractivity contribution in [3.8, 4) is 0 Å². The third-order valence-corrected chi connectivity index (χ3v) is 4.79. The lowest BCUT2D eigenvalue weighted by Crippen LogP contribution is -2.57. The number of hydrogen-bond donors (Lipinski definition) is 1. The number of amides is 2. The van der Waals surface area contributed by atoms with Crippen LogP contribution < -0.4 is 10.2 Å². The van der Waals surface area contributed by atoms with Crippen molar-refractivity contribution < 1.29 is 9.59 Å². The van der Waals surface area contributed by atoms with Crippen LogP contribution in [-0.2, 0) is 4.79 Å². The average molecular weight is 301 g/mol. The van der Waals surface area contributed by atoms with E-state index in [-0.39, 0.29) is 17.9 Å². The lowest BCUT2D eigenvalue weighted by molar-refractivity contribution is -0.117. The van der Waals surface area contributed by atoms with Gasteiger partial charge in [-0.25, -0.2) is 0 Å². The van der Waals surface area contributed by atoms with E-state index in [1.165, 1.54) is 0 Å². The number of rotatable bonds is 2. The van der Waals surface area contributed by atoms with Gasteiger partial charge in [0, 0.05) is 49.4 Å². The van der Waals surface area contributed by atoms with Crippen molar-refractivity contribution in [3.05, 3.63) is 29.8 Å². The van der Waals surface area contributed by atoms with Gasteiger partial charge in [0.25, 0.3) is 5.91 Å². The standard InChI is InChI=1S/C17H23N3O2/c1-12-13(2)19(11-9-18-12)17(22)14-5-7-15(8-6-14)20-10-3-4-16(20)21/h5-8,12-13,18H,3-4,9-11H2,1-2H3. The minimum absolute atomic E-state index is 0.0696. The first-order valence-electron chi connectivity index (χ1n) is 8.02. The first-order valence-corrected chi connectivity index (χ1v) is 8.02. The zero-order valence-corrected chi connectivity index (χ0v) is 13.2. The molecular weight excluding hydrogens is 278 g/mol. The molecule has 5 nitrogen and oxygen atoms in total. The minimum Gasteiger partial charge on any atom is -0.333 e. The van der Waals surface area contributed by atoms with Crippen LogP contribution in [0.1, 0.15) is 37.0 Å². The van der Waals surface area contributed by atoms with Gasteiger partial charge in [0.1, 0.15) is 0 Å². The van der Waals surface area contributed by atoms with E-state index in [4.69, 9.17) is 0 Å². The highest BCUT2D eigenvalue weighted by Crippen LogP contribution is 2.22. The van der Waals surface area contributed by atoms with Crippen molar-refractivity contribution >= 4 is 17.5 Å². The molecule has 0 aliphatic carbocycles. The molecule has 1 N–H and O–H groups in total. The Balaban J connectivity index is 1.75. The van der Waals surface area contributed by atoms with Crippen LogP contribution in [0.5, 0.6) is 0 Å². The van der Waals surface area contributed by atoms with Gasteiger partial charge < -0.3 is 15.1 Å². The molecule has 2 saturated heterocycles. The van der Waals surface area contributed by atoms with Gasteiger partial charge in [-0.15, -0.1) is 0 Å². The highest BCUT2D eigenvalue weighted by molar-refractivity contribution is 5.97. The van der Waals surface area contributed by atoms with Crippen LogP contribution in [-0.4, -0.2) is 48.4 Å². The Hall–Kier alpha value is -1.88. The molecule has 0 aromatic heterocycles. The van der Waals surface area contributed by atoms with Gasteiger partial charge in [-0.2, -0.15) is 0 Å². The Kier molecular flexibility index (Phi) is 4.16. The number of nitrogens with zero attached hydrogens (tertiary/aromatic N) is 2. The van der Waals surface area contributed by atoms with E-state index in [9.17, 15) is 9.59 Å². The summed E-state index contributed by atoms with van der Waals surface area (Å²) in [5.74, 6) is 0.240. The number of hydrogen-bond acceptors (Lipinski definition) is 3. The van der Waals surface area contributed by atoms with Crippen molar-refractivity contribution in [3.63, 3.8) is 0 Å². The van der Waals surface area contributed by atoms with Gasteiger partial charge in [-0.05, 0) is 44.5 Å². The van der Waals surface area contributed by atoms with Gasteiger partial charge in [0.2, 0.25) is 5.91 Å². The second-order valence-electron chi connectivity index (χ2n) is 6.18. The summed E-state index contributed by atoms with van der Waals surface area (Å²) in [5, 5.41) is 3.38. The summed E-state index contributed by atoms with van der Waals surface area (Å²) in [6, 6.07) is 7.92. The maximum absolute atomic E-state index is 12.7. The van der Waals surface area contributed by atoms with Crippen LogP contribution in [0.15, 0.2) is 24.3 Å². The molecule has 118 valence electrons. The summed E-state index contributed by atoms with van der Waals surface area (Å²) in [5.41, 5.74) is 1.58. The van der Waals surface area contributed by atoms with Crippen molar-refractivity contribution in [1.29, 1.82) is 0 Å². The number of piperazine rings is 1. The molecular formula is C17H23N3O2. The van der Waals surface area contributed by atoms with Gasteiger partial charge in [-0.3, -0.25) is 9.59 Å². The molecule has 3 rings (SSSR count). The van der Waals surface area contributed by atoms with E-state index in [0.29, 0.717) is 18.0 Å². The quantitative estimate of drug-likeness (QED) is 0.903. The van der Waals surface area contributed by atoms with E-state index in [1.807, 2.05) is 29.2 Å². The molecule has 0 bridgehead atoms. The van der Waals surface area contributed by atoms with Gasteiger partial charge in [0.05, 0.1) is 0 Å². The second kappa shape index (κ2) is 6.08. The highest BCUT2D eigenvalue weighted by Gasteiger charge is 2.29. The largest absolute Gasteiger partial charge is 0.333 e. The van der Waals surface area contributed by atoms with Gasteiger partial charge in [0.15, 0.2) is 0 Å². The normalized spacial score (nSPS) is 25.6. The lowest BCUT2D eigenvalue weighted by Gasteiger charge is -2.38. The highest BCUT2D eigenvalue weighted by atomic mass is 16.2. The number of carbonyl (C=O) groups is 2. The van der Waals surface area contributed by atoms with E-state index < -0.39 is 0 Å². The maximum atomic E-state index is 12.7. The van der Waals surface area contributed by atoms with Gasteiger partial charge in [-0.1, -0.05) is 0 Å². The Labute approximate surface area is 131 Å². The first-order chi connectivity index (χ1) is 10.6. The summed E-state index contributed by atoms with van der Waals surface area (Å²) in [4.78, 5) is 28.2. The molecule has 2 atom stereocenters. The van der Waals surface area contributed by atoms with E-state index in [1.54, 1.807) is 4.90 Å². The molecule has 1 aromatic carbocycles. The number of benzene rings is 1. The molecule has 22 heavy (non-hydrogen) atoms. The lowest BCUT2D eigenvalue weighted by atomic mass is 10.1. The van der Waals surface area contributed by atoms with Crippen LogP contribution in [0.3, 0.4) is 0 Å². The van der Waals surface area contributed by atoms with Crippen molar-refractivity contribution in [2.24, 2.45) is 0 Å². The molecule has 0 saturated carbocycles. The Morgan fingerprint density at radius 1 is 1.18 bits per heavy atom. The first kappa shape index (κ1) is 15.0. The molecule has 5 heteroatoms. The third-order valence-electron chi connectivity index (χ3n) is 4.79. The van der Waals surface area contributed by atoms with E-state index in [0.717, 1.165) is 31.7 Å². The van der Waals surface area contributed by atoms with E-state index in [2.05, 4.69) is 19.2 Å². The number of nitrogens with one attached hydrogen (secondary N) is 1. The fourth-order valence-corrected chi connectivity index (χ4v) is 3.21. The van der Waals surface area contributed by atoms with Crippen LogP contribution in [0.4, 0.5) is 5.69 Å². The summed E-state index contributed by atoms with van der Waals surface area (Å²) in [7, 11) is 0. The zero-order chi connectivity index (χ0) is 15.7. The molecule has 0 spiro atoms. The second-order valence-corrected chi connectivity index (χ2v) is 6.18. The smallest absolute Gasteiger partial charge is 0.254 e. The molecule has 2 amide bonds. The zero-order valence-electron chi connectivity index (χ0n) is 13.2. The predicted octanol–water partition coefficient (Wildman–Crippen LogP) is 1.64. The van der Waals surface area contributed by atoms with E-state index >= 15 is 0 Å². The predicted molar refractivity (Wildman–Crippen MR) is 86.0 cm³/mol. The SMILES string of the molecule is CC1NCCN(C(=O)c2ccc(N3CCCC3=O)cc2)C1C. The summed E-state index contributed by atoms with van der Waals surface area (Å²) >= 11 is 0. The fraction of sp³-hybridized carbons (Fsp3) is 0.529. The van der Waals surface area contributed by atoms with Crippen LogP contribution in [0.25, 0.3) is 0 Å². The molecule has 2 heterocycles. The summed E-state index contributed by atoms with van der Waals surface area (Å²) in [6.07, 6.45) is 1.53. The maximum Gasteiger partial charge on any atom is 0.254 e. The van der Waals surface area contributed by atoms with Crippen molar-refractivity contribution in [1.82, 2.24) is 10.2 Å². The summed E-state index contributed by atoms with van der Waals surface area (Å²) in [6.45, 7) is 6.52. The summed E-state index contributed by atoms with van der Waals surface area (Å²) < 4.78 is 0. The molecule has 2 fully saturated rings. The monoisotopic (exact) mass is 301 g/mol. The van der Waals surface area contributed by atoms with Crippen molar-refractivity contribution in [2.75, 3.05) is 24.5 Å². The molecule has 0 radical (unpaired) electrons. The third kappa shape index (κ3) is 2.73. The fourth-order valence-electron chi connectivity index (χ4n) is 3.21. The molecule has 2 aliphatic rings. The Morgan fingerprint density at radius 3 is 2.55 bits per heavy atom. The average Bonchev–Trinajstić information content (AvgIpc) is 2.96. The van der Waals surface area contributed by atoms with Crippen LogP contribution in [0, 0.1) is 0 Å².